The maximum absolute atomic E-state index is 10.9. The Morgan fingerprint density at radius 3 is 2.54 bits per heavy atom. The van der Waals surface area contributed by atoms with Crippen LogP contribution in [0.5, 0.6) is 5.75 Å². The van der Waals surface area contributed by atoms with E-state index < -0.39 is 10.2 Å². The van der Waals surface area contributed by atoms with Crippen molar-refractivity contribution in [3.63, 3.8) is 0 Å². The molecule has 0 unspecified atom stereocenters. The van der Waals surface area contributed by atoms with Gasteiger partial charge in [-0.05, 0) is 17.7 Å². The smallest absolute Gasteiger partial charge is 0.274 e. The van der Waals surface area contributed by atoms with Crippen LogP contribution in [0.2, 0.25) is 0 Å². The van der Waals surface area contributed by atoms with Gasteiger partial charge in [0, 0.05) is 23.6 Å². The molecule has 3 rings (SSSR count). The molecular formula is C16H16N4O3S. The van der Waals surface area contributed by atoms with E-state index in [1.54, 1.807) is 7.11 Å². The van der Waals surface area contributed by atoms with E-state index in [0.29, 0.717) is 0 Å². The lowest BCUT2D eigenvalue weighted by Gasteiger charge is -2.08. The Morgan fingerprint density at radius 1 is 1.12 bits per heavy atom. The lowest BCUT2D eigenvalue weighted by atomic mass is 10.0. The number of rotatable bonds is 5. The topological polar surface area (TPSA) is 107 Å². The number of aromatic nitrogens is 2. The van der Waals surface area contributed by atoms with E-state index in [0.717, 1.165) is 33.5 Å². The van der Waals surface area contributed by atoms with Gasteiger partial charge in [0.2, 0.25) is 0 Å². The molecule has 7 nitrogen and oxygen atoms in total. The second-order valence-corrected chi connectivity index (χ2v) is 6.55. The Hall–Kier alpha value is -2.55. The Morgan fingerprint density at radius 2 is 1.88 bits per heavy atom. The highest BCUT2D eigenvalue weighted by atomic mass is 32.2. The molecule has 124 valence electrons. The van der Waals surface area contributed by atoms with E-state index in [1.165, 1.54) is 6.33 Å². The first-order valence-electron chi connectivity index (χ1n) is 7.12. The van der Waals surface area contributed by atoms with Crippen LogP contribution in [0.25, 0.3) is 22.2 Å². The summed E-state index contributed by atoms with van der Waals surface area (Å²) in [5, 5.41) is 5.83. The third kappa shape index (κ3) is 3.67. The van der Waals surface area contributed by atoms with Crippen molar-refractivity contribution in [3.8, 4) is 17.0 Å². The van der Waals surface area contributed by atoms with Crippen LogP contribution < -0.4 is 14.6 Å². The summed E-state index contributed by atoms with van der Waals surface area (Å²) >= 11 is 0. The van der Waals surface area contributed by atoms with Gasteiger partial charge < -0.3 is 4.74 Å². The molecule has 0 aliphatic heterocycles. The number of fused-ring (bicyclic) bond motifs is 1. The number of methoxy groups -OCH3 is 1. The maximum Gasteiger partial charge on any atom is 0.274 e. The molecule has 0 bridgehead atoms. The minimum atomic E-state index is -3.70. The quantitative estimate of drug-likeness (QED) is 0.731. The lowest BCUT2D eigenvalue weighted by molar-refractivity contribution is 0.415. The summed E-state index contributed by atoms with van der Waals surface area (Å²) in [5.74, 6) is 0.733. The van der Waals surface area contributed by atoms with Crippen LogP contribution in [-0.2, 0) is 16.8 Å². The summed E-state index contributed by atoms with van der Waals surface area (Å²) in [6, 6.07) is 13.0. The van der Waals surface area contributed by atoms with Crippen molar-refractivity contribution in [1.29, 1.82) is 0 Å². The molecule has 1 heterocycles. The van der Waals surface area contributed by atoms with E-state index in [-0.39, 0.29) is 6.54 Å². The van der Waals surface area contributed by atoms with Gasteiger partial charge in [0.05, 0.1) is 18.3 Å². The molecule has 0 aliphatic carbocycles. The zero-order valence-electron chi connectivity index (χ0n) is 12.9. The average Bonchev–Trinajstić information content (AvgIpc) is 2.59. The van der Waals surface area contributed by atoms with Gasteiger partial charge in [-0.3, -0.25) is 0 Å². The maximum atomic E-state index is 10.9. The van der Waals surface area contributed by atoms with Crippen LogP contribution in [0.15, 0.2) is 48.8 Å². The van der Waals surface area contributed by atoms with Crippen molar-refractivity contribution >= 4 is 21.1 Å². The molecule has 0 radical (unpaired) electrons. The lowest BCUT2D eigenvalue weighted by Crippen LogP contribution is -2.30. The van der Waals surface area contributed by atoms with Crippen LogP contribution in [0, 0.1) is 0 Å². The molecule has 8 heteroatoms. The van der Waals surface area contributed by atoms with Gasteiger partial charge in [0.15, 0.2) is 0 Å². The molecule has 0 amide bonds. The fourth-order valence-electron chi connectivity index (χ4n) is 2.36. The van der Waals surface area contributed by atoms with Crippen molar-refractivity contribution in [3.05, 3.63) is 54.4 Å². The van der Waals surface area contributed by atoms with Gasteiger partial charge in [-0.15, -0.1) is 0 Å². The second kappa shape index (κ2) is 6.52. The Balaban J connectivity index is 1.93. The van der Waals surface area contributed by atoms with Crippen LogP contribution in [-0.4, -0.2) is 25.5 Å². The van der Waals surface area contributed by atoms with Gasteiger partial charge in [-0.25, -0.2) is 15.1 Å². The molecule has 1 aromatic heterocycles. The van der Waals surface area contributed by atoms with E-state index >= 15 is 0 Å². The summed E-state index contributed by atoms with van der Waals surface area (Å²) in [7, 11) is -2.09. The standard InChI is InChI=1S/C16H16N4O3S/c1-23-13-6-7-14-15(8-13)18-10-19-16(14)12-4-2-11(3-5-12)9-20-24(17,21)22/h2-8,10,20H,9H2,1H3,(H2,17,21,22). The predicted molar refractivity (Wildman–Crippen MR) is 91.5 cm³/mol. The summed E-state index contributed by atoms with van der Waals surface area (Å²) in [6.45, 7) is 0.140. The predicted octanol–water partition coefficient (Wildman–Crippen LogP) is 1.60. The SMILES string of the molecule is COc1ccc2c(-c3ccc(CNS(N)(=O)=O)cc3)ncnc2c1. The highest BCUT2D eigenvalue weighted by Gasteiger charge is 2.08. The largest absolute Gasteiger partial charge is 0.497 e. The molecule has 3 N–H and O–H groups in total. The number of nitrogens with zero attached hydrogens (tertiary/aromatic N) is 2. The number of hydrogen-bond donors (Lipinski definition) is 2. The number of ether oxygens (including phenoxy) is 1. The summed E-state index contributed by atoms with van der Waals surface area (Å²) in [6.07, 6.45) is 1.51. The molecule has 0 saturated carbocycles. The van der Waals surface area contributed by atoms with Gasteiger partial charge >= 0.3 is 0 Å². The molecule has 3 aromatic rings. The average molecular weight is 344 g/mol. The highest BCUT2D eigenvalue weighted by Crippen LogP contribution is 2.27. The summed E-state index contributed by atoms with van der Waals surface area (Å²) in [4.78, 5) is 8.63. The number of nitrogens with two attached hydrogens (primary N) is 1. The fraction of sp³-hybridized carbons (Fsp3) is 0.125. The van der Waals surface area contributed by atoms with Crippen molar-refractivity contribution in [1.82, 2.24) is 14.7 Å². The van der Waals surface area contributed by atoms with Crippen LogP contribution >= 0.6 is 0 Å². The van der Waals surface area contributed by atoms with Crippen molar-refractivity contribution in [2.24, 2.45) is 5.14 Å². The summed E-state index contributed by atoms with van der Waals surface area (Å²) in [5.41, 5.74) is 3.30. The number of hydrogen-bond acceptors (Lipinski definition) is 5. The first kappa shape index (κ1) is 16.3. The van der Waals surface area contributed by atoms with E-state index in [2.05, 4.69) is 14.7 Å². The number of nitrogens with one attached hydrogen (secondary N) is 1. The van der Waals surface area contributed by atoms with Crippen LogP contribution in [0.3, 0.4) is 0 Å². The molecular weight excluding hydrogens is 328 g/mol. The van der Waals surface area contributed by atoms with E-state index in [1.807, 2.05) is 42.5 Å². The zero-order valence-corrected chi connectivity index (χ0v) is 13.7. The van der Waals surface area contributed by atoms with Gasteiger partial charge in [-0.2, -0.15) is 13.1 Å². The van der Waals surface area contributed by atoms with E-state index in [4.69, 9.17) is 9.88 Å². The Bertz CT molecular complexity index is 972. The zero-order chi connectivity index (χ0) is 17.2. The van der Waals surface area contributed by atoms with Gasteiger partial charge in [-0.1, -0.05) is 24.3 Å². The Labute approximate surface area is 139 Å². The minimum Gasteiger partial charge on any atom is -0.497 e. The first-order chi connectivity index (χ1) is 11.5. The van der Waals surface area contributed by atoms with Crippen molar-refractivity contribution < 1.29 is 13.2 Å². The second-order valence-electron chi connectivity index (χ2n) is 5.17. The monoisotopic (exact) mass is 344 g/mol. The van der Waals surface area contributed by atoms with Gasteiger partial charge in [0.25, 0.3) is 10.2 Å². The third-order valence-electron chi connectivity index (χ3n) is 3.55. The summed E-state index contributed by atoms with van der Waals surface area (Å²) < 4.78 is 29.3. The normalized spacial score (nSPS) is 11.6. The van der Waals surface area contributed by atoms with Crippen molar-refractivity contribution in [2.45, 2.75) is 6.54 Å². The number of benzene rings is 2. The van der Waals surface area contributed by atoms with Crippen LogP contribution in [0.1, 0.15) is 5.56 Å². The van der Waals surface area contributed by atoms with Gasteiger partial charge in [0.1, 0.15) is 12.1 Å². The molecule has 0 saturated heterocycles. The fourth-order valence-corrected chi connectivity index (χ4v) is 2.73. The molecule has 0 spiro atoms. The van der Waals surface area contributed by atoms with Crippen molar-refractivity contribution in [2.75, 3.05) is 7.11 Å². The third-order valence-corrected chi connectivity index (χ3v) is 4.10. The Kier molecular flexibility index (Phi) is 4.43. The van der Waals surface area contributed by atoms with Crippen LogP contribution in [0.4, 0.5) is 0 Å². The molecule has 24 heavy (non-hydrogen) atoms. The molecule has 0 fully saturated rings. The minimum absolute atomic E-state index is 0.140. The molecule has 0 aliphatic rings. The molecule has 0 atom stereocenters. The highest BCUT2D eigenvalue weighted by molar-refractivity contribution is 7.87. The molecule has 2 aromatic carbocycles. The first-order valence-corrected chi connectivity index (χ1v) is 8.66. The van der Waals surface area contributed by atoms with E-state index in [9.17, 15) is 8.42 Å².